The summed E-state index contributed by atoms with van der Waals surface area (Å²) in [5.74, 6) is 0.471. The summed E-state index contributed by atoms with van der Waals surface area (Å²) in [4.78, 5) is 12.5. The Hall–Kier alpha value is -3.19. The van der Waals surface area contributed by atoms with Crippen LogP contribution in [0.1, 0.15) is 42.4 Å². The summed E-state index contributed by atoms with van der Waals surface area (Å²) < 4.78 is 7.42. The molecular weight excluding hydrogens is 330 g/mol. The van der Waals surface area contributed by atoms with Crippen LogP contribution in [-0.4, -0.2) is 27.2 Å². The minimum Gasteiger partial charge on any atom is -0.486 e. The first-order valence-corrected chi connectivity index (χ1v) is 8.66. The summed E-state index contributed by atoms with van der Waals surface area (Å²) >= 11 is 0. The topological polar surface area (TPSA) is 105 Å². The van der Waals surface area contributed by atoms with E-state index in [9.17, 15) is 10.1 Å². The monoisotopic (exact) mass is 349 g/mol. The van der Waals surface area contributed by atoms with Crippen LogP contribution in [0.25, 0.3) is 0 Å². The molecule has 1 aliphatic rings. The molecule has 1 aromatic carbocycles. The van der Waals surface area contributed by atoms with Crippen LogP contribution < -0.4 is 4.74 Å². The molecule has 0 amide bonds. The number of aromatic nitrogens is 3. The van der Waals surface area contributed by atoms with Gasteiger partial charge in [-0.25, -0.2) is 0 Å². The standard InChI is InChI=1S/C19H19N5O2/c20-10-9-14-5-7-15(8-6-14)26-13-17(25)16(12-21)19-23-22-18-4-2-1-3-11-24(18)19/h5-8,16H,1-4,9,11,13H2. The van der Waals surface area contributed by atoms with Gasteiger partial charge in [0.1, 0.15) is 18.2 Å². The van der Waals surface area contributed by atoms with Gasteiger partial charge in [0.05, 0.1) is 18.6 Å². The Balaban J connectivity index is 1.67. The van der Waals surface area contributed by atoms with Gasteiger partial charge in [0.2, 0.25) is 0 Å². The maximum Gasteiger partial charge on any atom is 0.195 e. The fraction of sp³-hybridized carbons (Fsp3) is 0.421. The second-order valence-electron chi connectivity index (χ2n) is 6.23. The minimum atomic E-state index is -0.979. The Kier molecular flexibility index (Phi) is 5.60. The van der Waals surface area contributed by atoms with Gasteiger partial charge in [-0.2, -0.15) is 10.5 Å². The molecule has 1 aliphatic heterocycles. The van der Waals surface area contributed by atoms with Gasteiger partial charge in [-0.1, -0.05) is 18.6 Å². The SMILES string of the molecule is N#CCc1ccc(OCC(=O)C(C#N)c2nnc3n2CCCCC3)cc1. The molecule has 3 rings (SSSR count). The van der Waals surface area contributed by atoms with E-state index in [4.69, 9.17) is 10.00 Å². The molecule has 0 saturated carbocycles. The Morgan fingerprint density at radius 1 is 1.19 bits per heavy atom. The summed E-state index contributed by atoms with van der Waals surface area (Å²) in [7, 11) is 0. The average Bonchev–Trinajstić information content (AvgIpc) is 2.90. The molecule has 0 bridgehead atoms. The van der Waals surface area contributed by atoms with Gasteiger partial charge in [-0.3, -0.25) is 4.79 Å². The molecule has 0 saturated heterocycles. The number of hydrogen-bond acceptors (Lipinski definition) is 6. The number of rotatable bonds is 6. The minimum absolute atomic E-state index is 0.210. The van der Waals surface area contributed by atoms with Crippen molar-refractivity contribution in [1.82, 2.24) is 14.8 Å². The fourth-order valence-corrected chi connectivity index (χ4v) is 3.03. The molecule has 0 aliphatic carbocycles. The van der Waals surface area contributed by atoms with E-state index in [1.807, 2.05) is 10.6 Å². The predicted molar refractivity (Wildman–Crippen MR) is 92.2 cm³/mol. The van der Waals surface area contributed by atoms with E-state index in [-0.39, 0.29) is 12.4 Å². The van der Waals surface area contributed by atoms with E-state index in [2.05, 4.69) is 16.3 Å². The largest absolute Gasteiger partial charge is 0.486 e. The zero-order valence-corrected chi connectivity index (χ0v) is 14.4. The van der Waals surface area contributed by atoms with Crippen molar-refractivity contribution in [1.29, 1.82) is 10.5 Å². The van der Waals surface area contributed by atoms with Crippen molar-refractivity contribution >= 4 is 5.78 Å². The zero-order chi connectivity index (χ0) is 18.4. The van der Waals surface area contributed by atoms with E-state index >= 15 is 0 Å². The highest BCUT2D eigenvalue weighted by molar-refractivity contribution is 5.88. The molecular formula is C19H19N5O2. The summed E-state index contributed by atoms with van der Waals surface area (Å²) in [5.41, 5.74) is 0.882. The van der Waals surface area contributed by atoms with Gasteiger partial charge in [-0.05, 0) is 30.5 Å². The molecule has 0 N–H and O–H groups in total. The normalized spacial score (nSPS) is 14.4. The highest BCUT2D eigenvalue weighted by atomic mass is 16.5. The van der Waals surface area contributed by atoms with Crippen LogP contribution in [0.4, 0.5) is 0 Å². The molecule has 132 valence electrons. The van der Waals surface area contributed by atoms with Crippen LogP contribution in [0.3, 0.4) is 0 Å². The molecule has 0 spiro atoms. The van der Waals surface area contributed by atoms with E-state index in [1.165, 1.54) is 0 Å². The number of nitrogens with zero attached hydrogens (tertiary/aromatic N) is 5. The van der Waals surface area contributed by atoms with E-state index < -0.39 is 5.92 Å². The number of ketones is 1. The lowest BCUT2D eigenvalue weighted by Crippen LogP contribution is -2.22. The van der Waals surface area contributed by atoms with Crippen molar-refractivity contribution in [3.05, 3.63) is 41.5 Å². The van der Waals surface area contributed by atoms with E-state index in [0.29, 0.717) is 18.0 Å². The van der Waals surface area contributed by atoms with Crippen molar-refractivity contribution in [2.75, 3.05) is 6.61 Å². The molecule has 7 nitrogen and oxygen atoms in total. The Morgan fingerprint density at radius 3 is 2.73 bits per heavy atom. The number of nitriles is 2. The third kappa shape index (κ3) is 3.89. The first-order valence-electron chi connectivity index (χ1n) is 8.66. The zero-order valence-electron chi connectivity index (χ0n) is 14.4. The maximum atomic E-state index is 12.5. The molecule has 2 heterocycles. The molecule has 1 atom stereocenters. The summed E-state index contributed by atoms with van der Waals surface area (Å²) in [5, 5.41) is 26.4. The lowest BCUT2D eigenvalue weighted by Gasteiger charge is -2.12. The number of fused-ring (bicyclic) bond motifs is 1. The maximum absolute atomic E-state index is 12.5. The molecule has 1 unspecified atom stereocenters. The number of ether oxygens (including phenoxy) is 1. The summed E-state index contributed by atoms with van der Waals surface area (Å²) in [6, 6.07) is 11.1. The van der Waals surface area contributed by atoms with E-state index in [1.54, 1.807) is 24.3 Å². The molecule has 7 heteroatoms. The molecule has 2 aromatic rings. The number of aryl methyl sites for hydroxylation is 1. The number of carbonyl (C=O) groups excluding carboxylic acids is 1. The summed E-state index contributed by atoms with van der Waals surface area (Å²) in [6.45, 7) is 0.530. The second kappa shape index (κ2) is 8.26. The molecule has 1 aromatic heterocycles. The van der Waals surface area contributed by atoms with Crippen LogP contribution in [0.15, 0.2) is 24.3 Å². The smallest absolute Gasteiger partial charge is 0.195 e. The van der Waals surface area contributed by atoms with Crippen molar-refractivity contribution in [3.63, 3.8) is 0 Å². The first kappa shape index (κ1) is 17.6. The fourth-order valence-electron chi connectivity index (χ4n) is 3.03. The number of Topliss-reactive ketones (excluding diaryl/α,β-unsaturated/α-hetero) is 1. The highest BCUT2D eigenvalue weighted by Crippen LogP contribution is 2.21. The van der Waals surface area contributed by atoms with Crippen LogP contribution in [0, 0.1) is 22.7 Å². The van der Waals surface area contributed by atoms with Gasteiger partial charge in [0.25, 0.3) is 0 Å². The van der Waals surface area contributed by atoms with Crippen LogP contribution in [-0.2, 0) is 24.2 Å². The van der Waals surface area contributed by atoms with E-state index in [0.717, 1.165) is 43.6 Å². The van der Waals surface area contributed by atoms with Crippen molar-refractivity contribution in [3.8, 4) is 17.9 Å². The second-order valence-corrected chi connectivity index (χ2v) is 6.23. The first-order chi connectivity index (χ1) is 12.7. The highest BCUT2D eigenvalue weighted by Gasteiger charge is 2.28. The molecule has 0 fully saturated rings. The van der Waals surface area contributed by atoms with Gasteiger partial charge < -0.3 is 9.30 Å². The third-order valence-electron chi connectivity index (χ3n) is 4.44. The summed E-state index contributed by atoms with van der Waals surface area (Å²) in [6.07, 6.45) is 4.31. The van der Waals surface area contributed by atoms with Crippen LogP contribution >= 0.6 is 0 Å². The molecule has 0 radical (unpaired) electrons. The average molecular weight is 349 g/mol. The van der Waals surface area contributed by atoms with Crippen LogP contribution in [0.5, 0.6) is 5.75 Å². The molecule has 26 heavy (non-hydrogen) atoms. The van der Waals surface area contributed by atoms with Crippen molar-refractivity contribution < 1.29 is 9.53 Å². The van der Waals surface area contributed by atoms with Gasteiger partial charge >= 0.3 is 0 Å². The predicted octanol–water partition coefficient (Wildman–Crippen LogP) is 2.33. The quantitative estimate of drug-likeness (QED) is 0.792. The van der Waals surface area contributed by atoms with Crippen LogP contribution in [0.2, 0.25) is 0 Å². The Bertz CT molecular complexity index is 858. The number of benzene rings is 1. The number of carbonyl (C=O) groups is 1. The van der Waals surface area contributed by atoms with Gasteiger partial charge in [0, 0.05) is 13.0 Å². The van der Waals surface area contributed by atoms with Gasteiger partial charge in [0.15, 0.2) is 17.5 Å². The number of hydrogen-bond donors (Lipinski definition) is 0. The van der Waals surface area contributed by atoms with Crippen molar-refractivity contribution in [2.45, 2.75) is 44.6 Å². The van der Waals surface area contributed by atoms with Crippen molar-refractivity contribution in [2.24, 2.45) is 0 Å². The lowest BCUT2D eigenvalue weighted by molar-refractivity contribution is -0.121. The Morgan fingerprint density at radius 2 is 2.00 bits per heavy atom. The third-order valence-corrected chi connectivity index (χ3v) is 4.44. The van der Waals surface area contributed by atoms with Gasteiger partial charge in [-0.15, -0.1) is 10.2 Å². The Labute approximate surface area is 151 Å². The lowest BCUT2D eigenvalue weighted by atomic mass is 10.1.